The number of anilines is 1. The Labute approximate surface area is 156 Å². The van der Waals surface area contributed by atoms with Gasteiger partial charge in [-0.3, -0.25) is 5.32 Å². The fourth-order valence-electron chi connectivity index (χ4n) is 2.84. The molecule has 1 amide bonds. The minimum absolute atomic E-state index is 0.393. The van der Waals surface area contributed by atoms with Crippen molar-refractivity contribution < 1.29 is 23.6 Å². The smallest absolute Gasteiger partial charge is 0.497 e. The lowest BCUT2D eigenvalue weighted by atomic mass is 9.78. The van der Waals surface area contributed by atoms with Crippen molar-refractivity contribution in [3.05, 3.63) is 18.2 Å². The molecule has 7 heteroatoms. The number of benzene rings is 1. The third kappa shape index (κ3) is 4.33. The Hall–Kier alpha value is -1.73. The van der Waals surface area contributed by atoms with Crippen LogP contribution in [0.5, 0.6) is 5.75 Å². The van der Waals surface area contributed by atoms with Crippen LogP contribution in [0.2, 0.25) is 0 Å². The van der Waals surface area contributed by atoms with Crippen LogP contribution in [0.3, 0.4) is 0 Å². The van der Waals surface area contributed by atoms with Crippen LogP contribution in [0.25, 0.3) is 0 Å². The number of carbonyl (C=O) groups excluding carboxylic acids is 1. The Balaban J connectivity index is 2.21. The maximum atomic E-state index is 12.0. The highest BCUT2D eigenvalue weighted by Crippen LogP contribution is 2.40. The van der Waals surface area contributed by atoms with Crippen LogP contribution in [-0.2, 0) is 14.0 Å². The molecule has 0 radical (unpaired) electrons. The van der Waals surface area contributed by atoms with E-state index in [1.54, 1.807) is 19.2 Å². The first-order chi connectivity index (χ1) is 11.9. The van der Waals surface area contributed by atoms with Crippen molar-refractivity contribution in [1.82, 2.24) is 0 Å². The van der Waals surface area contributed by atoms with Gasteiger partial charge in [0.2, 0.25) is 0 Å². The molecule has 0 saturated carbocycles. The summed E-state index contributed by atoms with van der Waals surface area (Å²) in [5.74, 6) is 0.583. The van der Waals surface area contributed by atoms with Gasteiger partial charge >= 0.3 is 13.2 Å². The lowest BCUT2D eigenvalue weighted by molar-refractivity contribution is -0.0118. The van der Waals surface area contributed by atoms with Gasteiger partial charge in [0.15, 0.2) is 0 Å². The maximum Gasteiger partial charge on any atom is 0.498 e. The molecule has 1 saturated heterocycles. The molecule has 144 valence electrons. The van der Waals surface area contributed by atoms with E-state index >= 15 is 0 Å². The maximum absolute atomic E-state index is 12.0. The predicted molar refractivity (Wildman–Crippen MR) is 103 cm³/mol. The van der Waals surface area contributed by atoms with Crippen molar-refractivity contribution in [2.75, 3.05) is 12.4 Å². The van der Waals surface area contributed by atoms with E-state index < -0.39 is 30.0 Å². The zero-order valence-electron chi connectivity index (χ0n) is 17.1. The van der Waals surface area contributed by atoms with Gasteiger partial charge in [0.05, 0.1) is 18.3 Å². The van der Waals surface area contributed by atoms with Crippen LogP contribution < -0.4 is 15.5 Å². The standard InChI is InChI=1S/C19H30BNO5/c1-9-19(7)18(5,6)25-20(26-19)14-11-10-13(12-15(14)23-8)21-16(22)24-17(2,3)4/h10-12H,9H2,1-8H3,(H,21,22). The van der Waals surface area contributed by atoms with Gasteiger partial charge in [-0.1, -0.05) is 13.0 Å². The number of rotatable bonds is 4. The minimum Gasteiger partial charge on any atom is -0.497 e. The quantitative estimate of drug-likeness (QED) is 0.826. The summed E-state index contributed by atoms with van der Waals surface area (Å²) in [6, 6.07) is 5.36. The van der Waals surface area contributed by atoms with Gasteiger partial charge in [-0.25, -0.2) is 4.79 Å². The Morgan fingerprint density at radius 1 is 1.23 bits per heavy atom. The van der Waals surface area contributed by atoms with E-state index in [-0.39, 0.29) is 0 Å². The average molecular weight is 363 g/mol. The highest BCUT2D eigenvalue weighted by Gasteiger charge is 2.54. The molecule has 1 unspecified atom stereocenters. The molecule has 1 atom stereocenters. The largest absolute Gasteiger partial charge is 0.498 e. The predicted octanol–water partition coefficient (Wildman–Crippen LogP) is 3.73. The number of hydrogen-bond donors (Lipinski definition) is 1. The third-order valence-electron chi connectivity index (χ3n) is 4.85. The summed E-state index contributed by atoms with van der Waals surface area (Å²) in [6.07, 6.45) is 0.317. The lowest BCUT2D eigenvalue weighted by Crippen LogP contribution is -2.44. The Morgan fingerprint density at radius 3 is 2.38 bits per heavy atom. The van der Waals surface area contributed by atoms with Crippen LogP contribution in [-0.4, -0.2) is 37.1 Å². The van der Waals surface area contributed by atoms with E-state index in [9.17, 15) is 4.79 Å². The summed E-state index contributed by atoms with van der Waals surface area (Å²) in [4.78, 5) is 12.0. The lowest BCUT2D eigenvalue weighted by Gasteiger charge is -2.35. The molecule has 1 N–H and O–H groups in total. The van der Waals surface area contributed by atoms with Crippen molar-refractivity contribution in [3.63, 3.8) is 0 Å². The van der Waals surface area contributed by atoms with Crippen molar-refractivity contribution in [2.45, 2.75) is 71.7 Å². The molecule has 1 fully saturated rings. The number of amides is 1. The highest BCUT2D eigenvalue weighted by atomic mass is 16.7. The van der Waals surface area contributed by atoms with E-state index in [1.807, 2.05) is 40.7 Å². The topological polar surface area (TPSA) is 66.0 Å². The molecule has 1 aliphatic rings. The first-order valence-corrected chi connectivity index (χ1v) is 8.94. The van der Waals surface area contributed by atoms with E-state index in [0.717, 1.165) is 11.9 Å². The zero-order valence-corrected chi connectivity index (χ0v) is 17.1. The molecular formula is C19H30BNO5. The number of nitrogens with one attached hydrogen (secondary N) is 1. The Morgan fingerprint density at radius 2 is 1.88 bits per heavy atom. The molecular weight excluding hydrogens is 333 g/mol. The van der Waals surface area contributed by atoms with Gasteiger partial charge in [0.25, 0.3) is 0 Å². The Bertz CT molecular complexity index is 670. The number of ether oxygens (including phenoxy) is 2. The third-order valence-corrected chi connectivity index (χ3v) is 4.85. The van der Waals surface area contributed by atoms with E-state index in [1.165, 1.54) is 0 Å². The van der Waals surface area contributed by atoms with Crippen LogP contribution in [0.15, 0.2) is 18.2 Å². The molecule has 0 aliphatic carbocycles. The normalized spacial score (nSPS) is 22.2. The molecule has 26 heavy (non-hydrogen) atoms. The fourth-order valence-corrected chi connectivity index (χ4v) is 2.84. The second-order valence-electron chi connectivity index (χ2n) is 8.25. The van der Waals surface area contributed by atoms with Gasteiger partial charge in [0, 0.05) is 17.2 Å². The van der Waals surface area contributed by atoms with Crippen LogP contribution in [0.1, 0.15) is 54.9 Å². The number of carbonyl (C=O) groups is 1. The van der Waals surface area contributed by atoms with Crippen LogP contribution in [0.4, 0.5) is 10.5 Å². The first-order valence-electron chi connectivity index (χ1n) is 8.94. The van der Waals surface area contributed by atoms with Crippen molar-refractivity contribution >= 4 is 24.4 Å². The van der Waals surface area contributed by atoms with Crippen LogP contribution >= 0.6 is 0 Å². The summed E-state index contributed by atoms with van der Waals surface area (Å²) in [6.45, 7) is 13.6. The van der Waals surface area contributed by atoms with E-state index in [2.05, 4.69) is 19.2 Å². The molecule has 1 aliphatic heterocycles. The second kappa shape index (κ2) is 7.12. The molecule has 0 bridgehead atoms. The molecule has 2 rings (SSSR count). The van der Waals surface area contributed by atoms with Gasteiger partial charge in [0.1, 0.15) is 11.4 Å². The summed E-state index contributed by atoms with van der Waals surface area (Å²) in [5, 5.41) is 2.71. The van der Waals surface area contributed by atoms with Gasteiger partial charge in [-0.05, 0) is 54.0 Å². The zero-order chi connectivity index (χ0) is 19.8. The van der Waals surface area contributed by atoms with E-state index in [0.29, 0.717) is 11.4 Å². The molecule has 0 spiro atoms. The Kier molecular flexibility index (Phi) is 5.64. The summed E-state index contributed by atoms with van der Waals surface area (Å²) in [7, 11) is 1.05. The molecule has 6 nitrogen and oxygen atoms in total. The molecule has 1 aromatic carbocycles. The van der Waals surface area contributed by atoms with Gasteiger partial charge in [-0.2, -0.15) is 0 Å². The summed E-state index contributed by atoms with van der Waals surface area (Å²) >= 11 is 0. The van der Waals surface area contributed by atoms with Crippen molar-refractivity contribution in [3.8, 4) is 5.75 Å². The van der Waals surface area contributed by atoms with Crippen LogP contribution in [0, 0.1) is 0 Å². The summed E-state index contributed by atoms with van der Waals surface area (Å²) < 4.78 is 23.1. The molecule has 1 aromatic rings. The summed E-state index contributed by atoms with van der Waals surface area (Å²) in [5.41, 5.74) is -0.0144. The van der Waals surface area contributed by atoms with E-state index in [4.69, 9.17) is 18.8 Å². The molecule has 0 aromatic heterocycles. The van der Waals surface area contributed by atoms with Crippen molar-refractivity contribution in [1.29, 1.82) is 0 Å². The first kappa shape index (κ1) is 20.6. The average Bonchev–Trinajstić information content (AvgIpc) is 2.75. The minimum atomic E-state index is -0.560. The SMILES string of the molecule is CCC1(C)OB(c2ccc(NC(=O)OC(C)(C)C)cc2OC)OC1(C)C. The second-order valence-corrected chi connectivity index (χ2v) is 8.25. The number of methoxy groups -OCH3 is 1. The highest BCUT2D eigenvalue weighted by molar-refractivity contribution is 6.63. The van der Waals surface area contributed by atoms with Gasteiger partial charge < -0.3 is 18.8 Å². The van der Waals surface area contributed by atoms with Crippen molar-refractivity contribution in [2.24, 2.45) is 0 Å². The fraction of sp³-hybridized carbons (Fsp3) is 0.632. The number of hydrogen-bond acceptors (Lipinski definition) is 5. The van der Waals surface area contributed by atoms with Gasteiger partial charge in [-0.15, -0.1) is 0 Å². The molecule has 1 heterocycles. The monoisotopic (exact) mass is 363 g/mol.